The van der Waals surface area contributed by atoms with Crippen molar-refractivity contribution in [1.82, 2.24) is 14.8 Å². The van der Waals surface area contributed by atoms with E-state index in [4.69, 9.17) is 5.10 Å². The maximum atomic E-state index is 4.77. The molecular weight excluding hydrogens is 318 g/mol. The Morgan fingerprint density at radius 2 is 1.58 bits per heavy atom. The average molecular weight is 352 g/mol. The number of nitrogens with zero attached hydrogens (tertiary/aromatic N) is 3. The van der Waals surface area contributed by atoms with E-state index in [0.717, 1.165) is 12.4 Å². The van der Waals surface area contributed by atoms with Crippen LogP contribution in [0.15, 0.2) is 30.3 Å². The van der Waals surface area contributed by atoms with Crippen LogP contribution < -0.4 is 0 Å². The Morgan fingerprint density at radius 1 is 0.885 bits per heavy atom. The van der Waals surface area contributed by atoms with Gasteiger partial charge in [-0.25, -0.2) is 0 Å². The lowest BCUT2D eigenvalue weighted by Gasteiger charge is -2.53. The van der Waals surface area contributed by atoms with Crippen LogP contribution in [0.1, 0.15) is 83.9 Å². The summed E-state index contributed by atoms with van der Waals surface area (Å²) in [6, 6.07) is 10.5. The maximum Gasteiger partial charge on any atom is 0.163 e. The molecule has 3 aliphatic carbocycles. The smallest absolute Gasteiger partial charge is 0.163 e. The molecule has 3 heteroatoms. The highest BCUT2D eigenvalue weighted by Gasteiger charge is 2.51. The molecule has 1 aromatic heterocycles. The largest absolute Gasteiger partial charge is 0.311 e. The van der Waals surface area contributed by atoms with Crippen molar-refractivity contribution in [3.8, 4) is 11.4 Å². The van der Waals surface area contributed by atoms with Crippen molar-refractivity contribution in [2.45, 2.75) is 90.0 Å². The van der Waals surface area contributed by atoms with Gasteiger partial charge >= 0.3 is 0 Å². The van der Waals surface area contributed by atoms with E-state index in [2.05, 4.69) is 53.8 Å². The van der Waals surface area contributed by atoms with Gasteiger partial charge in [-0.15, -0.1) is 10.2 Å². The molecule has 0 atom stereocenters. The van der Waals surface area contributed by atoms with Crippen molar-refractivity contribution in [3.05, 3.63) is 36.2 Å². The van der Waals surface area contributed by atoms with E-state index in [9.17, 15) is 0 Å². The van der Waals surface area contributed by atoms with Crippen LogP contribution in [0.25, 0.3) is 11.4 Å². The standard InChI is InChI=1S/C23H33N3/c1-3-5-9-12-22-13-16-23(17-14-22,18-15-22)21-25-24-20(26(21)4-2)19-10-7-6-8-11-19/h6-8,10-11H,3-5,9,12-18H2,1-2H3. The average Bonchev–Trinajstić information content (AvgIpc) is 3.15. The molecule has 0 spiro atoms. The number of fused-ring (bicyclic) bond motifs is 3. The summed E-state index contributed by atoms with van der Waals surface area (Å²) < 4.78 is 2.39. The summed E-state index contributed by atoms with van der Waals surface area (Å²) in [6.07, 6.45) is 13.7. The van der Waals surface area contributed by atoms with Gasteiger partial charge in [0.05, 0.1) is 0 Å². The van der Waals surface area contributed by atoms with Gasteiger partial charge in [0.25, 0.3) is 0 Å². The molecule has 2 bridgehead atoms. The Hall–Kier alpha value is -1.64. The zero-order valence-corrected chi connectivity index (χ0v) is 16.5. The summed E-state index contributed by atoms with van der Waals surface area (Å²) in [7, 11) is 0. The predicted molar refractivity (Wildman–Crippen MR) is 107 cm³/mol. The SMILES string of the molecule is CCCCCC12CCC(c3nnc(-c4ccccc4)n3CC)(CC1)CC2. The van der Waals surface area contributed by atoms with E-state index in [-0.39, 0.29) is 5.41 Å². The molecule has 5 rings (SSSR count). The lowest BCUT2D eigenvalue weighted by atomic mass is 9.52. The fraction of sp³-hybridized carbons (Fsp3) is 0.652. The molecule has 0 amide bonds. The summed E-state index contributed by atoms with van der Waals surface area (Å²) in [6.45, 7) is 5.50. The first-order valence-electron chi connectivity index (χ1n) is 10.7. The molecule has 2 aromatic rings. The molecular formula is C23H33N3. The summed E-state index contributed by atoms with van der Waals surface area (Å²) in [5.41, 5.74) is 2.11. The van der Waals surface area contributed by atoms with E-state index < -0.39 is 0 Å². The van der Waals surface area contributed by atoms with E-state index in [1.54, 1.807) is 0 Å². The molecule has 26 heavy (non-hydrogen) atoms. The van der Waals surface area contributed by atoms with Crippen molar-refractivity contribution in [2.24, 2.45) is 5.41 Å². The third kappa shape index (κ3) is 3.00. The molecule has 0 saturated heterocycles. The van der Waals surface area contributed by atoms with Gasteiger partial charge in [-0.3, -0.25) is 0 Å². The second-order valence-electron chi connectivity index (χ2n) is 8.69. The monoisotopic (exact) mass is 351 g/mol. The highest BCUT2D eigenvalue weighted by molar-refractivity contribution is 5.55. The fourth-order valence-electron chi connectivity index (χ4n) is 5.52. The number of rotatable bonds is 7. The van der Waals surface area contributed by atoms with Crippen molar-refractivity contribution in [3.63, 3.8) is 0 Å². The van der Waals surface area contributed by atoms with Crippen LogP contribution >= 0.6 is 0 Å². The first-order chi connectivity index (χ1) is 12.7. The van der Waals surface area contributed by atoms with Crippen LogP contribution in [-0.2, 0) is 12.0 Å². The Kier molecular flexibility index (Phi) is 4.90. The third-order valence-corrected chi connectivity index (χ3v) is 7.29. The zero-order chi connectivity index (χ0) is 18.0. The molecule has 1 heterocycles. The Labute approximate surface area is 158 Å². The molecule has 0 aliphatic heterocycles. The second kappa shape index (κ2) is 7.17. The lowest BCUT2D eigenvalue weighted by molar-refractivity contribution is 0.0246. The Morgan fingerprint density at radius 3 is 2.19 bits per heavy atom. The molecule has 3 aliphatic rings. The second-order valence-corrected chi connectivity index (χ2v) is 8.69. The molecule has 1 aromatic carbocycles. The molecule has 0 unspecified atom stereocenters. The van der Waals surface area contributed by atoms with Gasteiger partial charge in [-0.05, 0) is 57.3 Å². The van der Waals surface area contributed by atoms with Crippen LogP contribution in [0.2, 0.25) is 0 Å². The number of aromatic nitrogens is 3. The van der Waals surface area contributed by atoms with Gasteiger partial charge in [0, 0.05) is 17.5 Å². The van der Waals surface area contributed by atoms with Gasteiger partial charge < -0.3 is 4.57 Å². The van der Waals surface area contributed by atoms with Gasteiger partial charge in [0.1, 0.15) is 5.82 Å². The quantitative estimate of drug-likeness (QED) is 0.561. The molecule has 3 saturated carbocycles. The van der Waals surface area contributed by atoms with Gasteiger partial charge in [-0.1, -0.05) is 56.5 Å². The highest BCUT2D eigenvalue weighted by Crippen LogP contribution is 2.59. The number of benzene rings is 1. The number of hydrogen-bond acceptors (Lipinski definition) is 2. The van der Waals surface area contributed by atoms with Crippen LogP contribution in [0, 0.1) is 5.41 Å². The highest BCUT2D eigenvalue weighted by atomic mass is 15.3. The van der Waals surface area contributed by atoms with E-state index in [1.165, 1.54) is 75.6 Å². The first-order valence-corrected chi connectivity index (χ1v) is 10.7. The van der Waals surface area contributed by atoms with Crippen LogP contribution in [0.5, 0.6) is 0 Å². The van der Waals surface area contributed by atoms with Gasteiger partial charge in [-0.2, -0.15) is 0 Å². The van der Waals surface area contributed by atoms with Crippen molar-refractivity contribution < 1.29 is 0 Å². The summed E-state index contributed by atoms with van der Waals surface area (Å²) in [5.74, 6) is 2.31. The molecule has 3 fully saturated rings. The Bertz CT molecular complexity index is 707. The van der Waals surface area contributed by atoms with Crippen molar-refractivity contribution >= 4 is 0 Å². The lowest BCUT2D eigenvalue weighted by Crippen LogP contribution is -2.45. The predicted octanol–water partition coefficient (Wildman–Crippen LogP) is 6.14. The normalized spacial score (nSPS) is 27.8. The minimum atomic E-state index is 0.280. The summed E-state index contributed by atoms with van der Waals surface area (Å²) in [4.78, 5) is 0. The summed E-state index contributed by atoms with van der Waals surface area (Å²) >= 11 is 0. The van der Waals surface area contributed by atoms with Gasteiger partial charge in [0.15, 0.2) is 5.82 Å². The molecule has 140 valence electrons. The topological polar surface area (TPSA) is 30.7 Å². The first kappa shape index (κ1) is 17.8. The van der Waals surface area contributed by atoms with Gasteiger partial charge in [0.2, 0.25) is 0 Å². The summed E-state index contributed by atoms with van der Waals surface area (Å²) in [5, 5.41) is 9.40. The van der Waals surface area contributed by atoms with Crippen LogP contribution in [0.3, 0.4) is 0 Å². The Balaban J connectivity index is 1.57. The van der Waals surface area contributed by atoms with Crippen LogP contribution in [0.4, 0.5) is 0 Å². The maximum absolute atomic E-state index is 4.77. The van der Waals surface area contributed by atoms with Crippen molar-refractivity contribution in [1.29, 1.82) is 0 Å². The molecule has 3 nitrogen and oxygen atoms in total. The minimum absolute atomic E-state index is 0.280. The number of unbranched alkanes of at least 4 members (excludes halogenated alkanes) is 2. The zero-order valence-electron chi connectivity index (χ0n) is 16.5. The fourth-order valence-corrected chi connectivity index (χ4v) is 5.52. The van der Waals surface area contributed by atoms with E-state index in [1.807, 2.05) is 0 Å². The molecule has 0 N–H and O–H groups in total. The minimum Gasteiger partial charge on any atom is -0.311 e. The third-order valence-electron chi connectivity index (χ3n) is 7.29. The van der Waals surface area contributed by atoms with E-state index >= 15 is 0 Å². The molecule has 0 radical (unpaired) electrons. The van der Waals surface area contributed by atoms with Crippen LogP contribution in [-0.4, -0.2) is 14.8 Å². The van der Waals surface area contributed by atoms with E-state index in [0.29, 0.717) is 5.41 Å². The number of hydrogen-bond donors (Lipinski definition) is 0. The van der Waals surface area contributed by atoms with Crippen molar-refractivity contribution in [2.75, 3.05) is 0 Å².